The van der Waals surface area contributed by atoms with Crippen LogP contribution in [0.3, 0.4) is 0 Å². The van der Waals surface area contributed by atoms with E-state index >= 15 is 0 Å². The maximum atomic E-state index is 14.4. The van der Waals surface area contributed by atoms with Gasteiger partial charge in [0.05, 0.1) is 18.0 Å². The minimum absolute atomic E-state index is 0.200. The lowest BCUT2D eigenvalue weighted by atomic mass is 9.97. The van der Waals surface area contributed by atoms with Crippen molar-refractivity contribution < 1.29 is 17.6 Å². The van der Waals surface area contributed by atoms with Crippen molar-refractivity contribution in [2.24, 2.45) is 11.0 Å². The van der Waals surface area contributed by atoms with Gasteiger partial charge < -0.3 is 0 Å². The number of nitrogens with one attached hydrogen (secondary N) is 1. The summed E-state index contributed by atoms with van der Waals surface area (Å²) in [6.45, 7) is 3.54. The third-order valence-corrected chi connectivity index (χ3v) is 5.00. The number of nitrogens with zero attached hydrogens (tertiary/aromatic N) is 2. The first kappa shape index (κ1) is 20.0. The molecule has 1 aliphatic rings. The van der Waals surface area contributed by atoms with Crippen molar-refractivity contribution in [3.63, 3.8) is 0 Å². The van der Waals surface area contributed by atoms with Gasteiger partial charge in [0.2, 0.25) is 15.9 Å². The topological polar surface area (TPSA) is 78.8 Å². The molecule has 2 aromatic carbocycles. The van der Waals surface area contributed by atoms with E-state index in [1.165, 1.54) is 11.1 Å². The Kier molecular flexibility index (Phi) is 5.51. The van der Waals surface area contributed by atoms with Crippen LogP contribution < -0.4 is 4.72 Å². The zero-order valence-electron chi connectivity index (χ0n) is 15.9. The van der Waals surface area contributed by atoms with Crippen LogP contribution in [0.5, 0.6) is 0 Å². The smallest absolute Gasteiger partial charge is 0.245 e. The summed E-state index contributed by atoms with van der Waals surface area (Å²) in [6.07, 6.45) is 1.41. The molecule has 1 amide bonds. The first-order valence-corrected chi connectivity index (χ1v) is 10.8. The van der Waals surface area contributed by atoms with Crippen LogP contribution >= 0.6 is 0 Å². The molecule has 2 aromatic rings. The summed E-state index contributed by atoms with van der Waals surface area (Å²) in [5.41, 5.74) is 2.08. The molecule has 6 nitrogen and oxygen atoms in total. The molecule has 0 unspecified atom stereocenters. The fraction of sp³-hybridized carbons (Fsp3) is 0.300. The largest absolute Gasteiger partial charge is 0.284 e. The summed E-state index contributed by atoms with van der Waals surface area (Å²) < 4.78 is 39.8. The number of sulfonamides is 1. The van der Waals surface area contributed by atoms with Gasteiger partial charge in [0, 0.05) is 23.6 Å². The number of benzene rings is 2. The molecule has 148 valence electrons. The highest BCUT2D eigenvalue weighted by Crippen LogP contribution is 2.35. The minimum atomic E-state index is -3.42. The average Bonchev–Trinajstić information content (AvgIpc) is 3.05. The number of halogens is 1. The monoisotopic (exact) mass is 403 g/mol. The summed E-state index contributed by atoms with van der Waals surface area (Å²) >= 11 is 0. The van der Waals surface area contributed by atoms with E-state index in [0.717, 1.165) is 6.26 Å². The molecule has 0 aliphatic carbocycles. The van der Waals surface area contributed by atoms with Crippen LogP contribution in [0.4, 0.5) is 10.1 Å². The molecule has 0 saturated carbocycles. The highest BCUT2D eigenvalue weighted by atomic mass is 32.2. The van der Waals surface area contributed by atoms with Crippen LogP contribution in [0, 0.1) is 11.7 Å². The maximum Gasteiger partial charge on any atom is 0.245 e. The Hall–Kier alpha value is -2.74. The molecule has 1 heterocycles. The van der Waals surface area contributed by atoms with Gasteiger partial charge >= 0.3 is 0 Å². The Labute approximate surface area is 164 Å². The molecule has 0 spiro atoms. The van der Waals surface area contributed by atoms with Crippen LogP contribution in [-0.4, -0.2) is 31.3 Å². The summed E-state index contributed by atoms with van der Waals surface area (Å²) in [5, 5.41) is 5.81. The summed E-state index contributed by atoms with van der Waals surface area (Å²) in [6, 6.07) is 12.6. The molecule has 0 aromatic heterocycles. The van der Waals surface area contributed by atoms with Crippen molar-refractivity contribution in [3.8, 4) is 0 Å². The van der Waals surface area contributed by atoms with E-state index in [-0.39, 0.29) is 11.8 Å². The van der Waals surface area contributed by atoms with Crippen LogP contribution in [0.2, 0.25) is 0 Å². The molecule has 1 N–H and O–H groups in total. The maximum absolute atomic E-state index is 14.4. The molecular formula is C20H22FN3O3S. The van der Waals surface area contributed by atoms with E-state index in [1.54, 1.807) is 56.3 Å². The van der Waals surface area contributed by atoms with Gasteiger partial charge in [-0.2, -0.15) is 5.10 Å². The van der Waals surface area contributed by atoms with E-state index in [9.17, 15) is 17.6 Å². The van der Waals surface area contributed by atoms with E-state index in [0.29, 0.717) is 28.9 Å². The minimum Gasteiger partial charge on any atom is -0.284 e. The summed E-state index contributed by atoms with van der Waals surface area (Å²) in [7, 11) is -3.42. The molecule has 0 fully saturated rings. The lowest BCUT2D eigenvalue weighted by Gasteiger charge is -2.23. The van der Waals surface area contributed by atoms with Gasteiger partial charge in [-0.1, -0.05) is 44.2 Å². The molecule has 3 rings (SSSR count). The number of carbonyl (C=O) groups excluding carboxylic acids is 1. The second-order valence-corrected chi connectivity index (χ2v) is 8.83. The Morgan fingerprint density at radius 2 is 1.93 bits per heavy atom. The molecule has 28 heavy (non-hydrogen) atoms. The molecule has 1 atom stereocenters. The Morgan fingerprint density at radius 3 is 2.57 bits per heavy atom. The fourth-order valence-corrected chi connectivity index (χ4v) is 3.67. The van der Waals surface area contributed by atoms with Crippen molar-refractivity contribution in [1.82, 2.24) is 5.01 Å². The van der Waals surface area contributed by atoms with Gasteiger partial charge in [0.1, 0.15) is 5.82 Å². The number of rotatable bonds is 5. The second kappa shape index (κ2) is 7.71. The predicted octanol–water partition coefficient (Wildman–Crippen LogP) is 3.53. The van der Waals surface area contributed by atoms with Crippen LogP contribution in [0.25, 0.3) is 0 Å². The number of hydrazone groups is 1. The first-order chi connectivity index (χ1) is 13.2. The van der Waals surface area contributed by atoms with Gasteiger partial charge in [0.15, 0.2) is 0 Å². The lowest BCUT2D eigenvalue weighted by molar-refractivity contribution is -0.136. The summed E-state index contributed by atoms with van der Waals surface area (Å²) in [5.74, 6) is -0.887. The number of carbonyl (C=O) groups is 1. The molecule has 8 heteroatoms. The Balaban J connectivity index is 1.99. The highest BCUT2D eigenvalue weighted by molar-refractivity contribution is 7.92. The third-order valence-electron chi connectivity index (χ3n) is 4.39. The first-order valence-electron chi connectivity index (χ1n) is 8.89. The lowest BCUT2D eigenvalue weighted by Crippen LogP contribution is -2.31. The van der Waals surface area contributed by atoms with Crippen molar-refractivity contribution >= 4 is 27.3 Å². The van der Waals surface area contributed by atoms with E-state index in [2.05, 4.69) is 9.82 Å². The van der Waals surface area contributed by atoms with Gasteiger partial charge in [-0.15, -0.1) is 0 Å². The highest BCUT2D eigenvalue weighted by Gasteiger charge is 2.35. The van der Waals surface area contributed by atoms with Crippen molar-refractivity contribution in [3.05, 3.63) is 65.5 Å². The molecule has 0 radical (unpaired) electrons. The SMILES string of the molecule is CC(C)C(=O)N1N=C(c2cccc(NS(C)(=O)=O)c2)C[C@@H]1c1ccccc1F. The zero-order valence-corrected chi connectivity index (χ0v) is 16.7. The quantitative estimate of drug-likeness (QED) is 0.829. The fourth-order valence-electron chi connectivity index (χ4n) is 3.12. The Bertz CT molecular complexity index is 1030. The standard InChI is InChI=1S/C20H22FN3O3S/c1-13(2)20(25)24-19(16-9-4-5-10-17(16)21)12-18(22-24)14-7-6-8-15(11-14)23-28(3,26)27/h4-11,13,19,23H,12H2,1-3H3/t19-/m1/s1. The van der Waals surface area contributed by atoms with Gasteiger partial charge in [-0.3, -0.25) is 9.52 Å². The molecular weight excluding hydrogens is 381 g/mol. The van der Waals surface area contributed by atoms with Gasteiger partial charge in [0.25, 0.3) is 0 Å². The van der Waals surface area contributed by atoms with E-state index < -0.39 is 21.9 Å². The predicted molar refractivity (Wildman–Crippen MR) is 107 cm³/mol. The molecule has 1 aliphatic heterocycles. The van der Waals surface area contributed by atoms with Crippen molar-refractivity contribution in [2.75, 3.05) is 11.0 Å². The van der Waals surface area contributed by atoms with Gasteiger partial charge in [-0.25, -0.2) is 17.8 Å². The number of anilines is 1. The number of amides is 1. The van der Waals surface area contributed by atoms with Crippen LogP contribution in [-0.2, 0) is 14.8 Å². The average molecular weight is 403 g/mol. The zero-order chi connectivity index (χ0) is 20.5. The normalized spacial score (nSPS) is 17.0. The third kappa shape index (κ3) is 4.39. The molecule has 0 bridgehead atoms. The second-order valence-electron chi connectivity index (χ2n) is 7.08. The number of hydrogen-bond donors (Lipinski definition) is 1. The van der Waals surface area contributed by atoms with Crippen molar-refractivity contribution in [1.29, 1.82) is 0 Å². The molecule has 0 saturated heterocycles. The summed E-state index contributed by atoms with van der Waals surface area (Å²) in [4.78, 5) is 12.7. The van der Waals surface area contributed by atoms with Crippen molar-refractivity contribution in [2.45, 2.75) is 26.3 Å². The van der Waals surface area contributed by atoms with Crippen LogP contribution in [0.15, 0.2) is 53.6 Å². The Morgan fingerprint density at radius 1 is 1.21 bits per heavy atom. The van der Waals surface area contributed by atoms with E-state index in [1.807, 2.05) is 0 Å². The van der Waals surface area contributed by atoms with Gasteiger partial charge in [-0.05, 0) is 23.8 Å². The van der Waals surface area contributed by atoms with E-state index in [4.69, 9.17) is 0 Å². The number of hydrogen-bond acceptors (Lipinski definition) is 4. The van der Waals surface area contributed by atoms with Crippen LogP contribution in [0.1, 0.15) is 37.4 Å².